The summed E-state index contributed by atoms with van der Waals surface area (Å²) in [5.41, 5.74) is -1.13. The van der Waals surface area contributed by atoms with Crippen molar-refractivity contribution in [2.75, 3.05) is 6.61 Å². The molecule has 0 saturated carbocycles. The molecule has 0 heterocycles. The normalized spacial score (nSPS) is 16.4. The maximum absolute atomic E-state index is 13.8. The third-order valence-electron chi connectivity index (χ3n) is 5.89. The lowest BCUT2D eigenvalue weighted by Crippen LogP contribution is -2.79. The van der Waals surface area contributed by atoms with Crippen LogP contribution in [0.3, 0.4) is 0 Å². The number of alkyl halides is 29. The molecule has 2 nitrogen and oxygen atoms in total. The molecule has 0 aromatic rings. The Hall–Kier alpha value is -2.82. The van der Waals surface area contributed by atoms with Gasteiger partial charge in [0.1, 0.15) is 0 Å². The fourth-order valence-corrected chi connectivity index (χ4v) is 2.75. The van der Waals surface area contributed by atoms with Gasteiger partial charge in [0.2, 0.25) is 0 Å². The molecule has 0 atom stereocenters. The third-order valence-corrected chi connectivity index (χ3v) is 5.89. The van der Waals surface area contributed by atoms with Crippen LogP contribution in [0.25, 0.3) is 0 Å². The molecule has 0 bridgehead atoms. The van der Waals surface area contributed by atoms with E-state index in [0.29, 0.717) is 6.92 Å². The molecular formula is C19H7F29O2. The molecule has 0 N–H and O–H groups in total. The molecule has 0 aliphatic rings. The van der Waals surface area contributed by atoms with Gasteiger partial charge in [-0.3, -0.25) is 0 Å². The molecule has 0 aromatic carbocycles. The second kappa shape index (κ2) is 11.9. The summed E-state index contributed by atoms with van der Waals surface area (Å²) >= 11 is 0. The highest BCUT2D eigenvalue weighted by Gasteiger charge is 3.00. The van der Waals surface area contributed by atoms with Gasteiger partial charge < -0.3 is 4.74 Å². The van der Waals surface area contributed by atoms with Gasteiger partial charge in [-0.05, 0) is 6.92 Å². The quantitative estimate of drug-likeness (QED) is 0.0935. The van der Waals surface area contributed by atoms with E-state index in [9.17, 15) is 132 Å². The molecule has 0 amide bonds. The van der Waals surface area contributed by atoms with Gasteiger partial charge in [0.25, 0.3) is 0 Å². The molecule has 298 valence electrons. The molecule has 0 radical (unpaired) electrons. The van der Waals surface area contributed by atoms with E-state index < -0.39 is 101 Å². The van der Waals surface area contributed by atoms with E-state index >= 15 is 0 Å². The summed E-state index contributed by atoms with van der Waals surface area (Å²) in [6.07, 6.45) is -8.31. The van der Waals surface area contributed by atoms with Crippen molar-refractivity contribution in [2.24, 2.45) is 0 Å². The summed E-state index contributed by atoms with van der Waals surface area (Å²) in [7, 11) is 0. The van der Waals surface area contributed by atoms with E-state index in [-0.39, 0.29) is 0 Å². The van der Waals surface area contributed by atoms with Crippen LogP contribution in [0.1, 0.15) is 6.92 Å². The van der Waals surface area contributed by atoms with Crippen LogP contribution in [0.15, 0.2) is 12.2 Å². The van der Waals surface area contributed by atoms with Crippen LogP contribution < -0.4 is 0 Å². The Bertz CT molecular complexity index is 1290. The van der Waals surface area contributed by atoms with Gasteiger partial charge in [0.15, 0.2) is 6.61 Å². The Labute approximate surface area is 253 Å². The van der Waals surface area contributed by atoms with Crippen molar-refractivity contribution in [3.63, 3.8) is 0 Å². The summed E-state index contributed by atoms with van der Waals surface area (Å²) < 4.78 is 393. The largest absolute Gasteiger partial charge is 0.460 e. The minimum atomic E-state index is -9.97. The van der Waals surface area contributed by atoms with Crippen LogP contribution in [-0.2, 0) is 9.53 Å². The molecule has 31 heteroatoms. The smallest absolute Gasteiger partial charge is 0.456 e. The first kappa shape index (κ1) is 47.2. The monoisotopic (exact) mass is 818 g/mol. The van der Waals surface area contributed by atoms with E-state index in [2.05, 4.69) is 11.3 Å². The molecule has 0 saturated heterocycles. The van der Waals surface area contributed by atoms with Crippen molar-refractivity contribution in [1.82, 2.24) is 0 Å². The zero-order valence-corrected chi connectivity index (χ0v) is 22.2. The van der Waals surface area contributed by atoms with Crippen LogP contribution in [0.4, 0.5) is 127 Å². The Morgan fingerprint density at radius 2 is 0.560 bits per heavy atom. The first-order chi connectivity index (χ1) is 21.1. The predicted octanol–water partition coefficient (Wildman–Crippen LogP) is 9.93. The van der Waals surface area contributed by atoms with Gasteiger partial charge in [0, 0.05) is 5.57 Å². The fourth-order valence-electron chi connectivity index (χ4n) is 2.75. The number of halogens is 29. The Morgan fingerprint density at radius 3 is 0.740 bits per heavy atom. The Kier molecular flexibility index (Phi) is 11.2. The van der Waals surface area contributed by atoms with Crippen LogP contribution in [0.2, 0.25) is 0 Å². The molecular weight excluding hydrogens is 811 g/mol. The van der Waals surface area contributed by atoms with Gasteiger partial charge in [-0.2, -0.15) is 127 Å². The minimum absolute atomic E-state index is 0.448. The Balaban J connectivity index is 7.46. The standard InChI is InChI=1S/C19H7F29O2/c1-4(2)5(49)50-3-6(20,21)7(22,23)8(24,25)9(26,27)10(28,29)11(30,31)12(32,33)13(34,35)14(36,37)15(38,39)16(40,41)17(42,43)18(44,45)19(46,47)48/h1,3H2,2H3. The molecule has 0 aliphatic carbocycles. The number of hydrogen-bond acceptors (Lipinski definition) is 2. The van der Waals surface area contributed by atoms with Crippen molar-refractivity contribution in [1.29, 1.82) is 0 Å². The van der Waals surface area contributed by atoms with Gasteiger partial charge in [-0.25, -0.2) is 4.79 Å². The zero-order valence-electron chi connectivity index (χ0n) is 22.2. The topological polar surface area (TPSA) is 26.3 Å². The molecule has 0 fully saturated rings. The van der Waals surface area contributed by atoms with Gasteiger partial charge in [0.05, 0.1) is 0 Å². The van der Waals surface area contributed by atoms with Crippen LogP contribution in [-0.4, -0.2) is 95.7 Å². The van der Waals surface area contributed by atoms with E-state index in [1.807, 2.05) is 0 Å². The highest BCUT2D eigenvalue weighted by molar-refractivity contribution is 5.86. The van der Waals surface area contributed by atoms with E-state index in [1.165, 1.54) is 0 Å². The highest BCUT2D eigenvalue weighted by Crippen LogP contribution is 2.69. The number of rotatable bonds is 15. The van der Waals surface area contributed by atoms with Gasteiger partial charge >= 0.3 is 89.1 Å². The van der Waals surface area contributed by atoms with E-state index in [4.69, 9.17) is 0 Å². The number of esters is 1. The number of carbonyl (C=O) groups is 1. The number of carbonyl (C=O) groups excluding carboxylic acids is 1. The summed E-state index contributed by atoms with van der Waals surface area (Å²) in [6, 6.07) is 0. The predicted molar refractivity (Wildman–Crippen MR) is 96.1 cm³/mol. The first-order valence-corrected chi connectivity index (χ1v) is 10.9. The van der Waals surface area contributed by atoms with Crippen molar-refractivity contribution in [2.45, 2.75) is 90.1 Å². The summed E-state index contributed by atoms with van der Waals surface area (Å²) in [6.45, 7) is -0.693. The zero-order chi connectivity index (χ0) is 41.6. The third kappa shape index (κ3) is 5.72. The maximum Gasteiger partial charge on any atom is 0.460 e. The van der Waals surface area contributed by atoms with E-state index in [1.54, 1.807) is 0 Å². The SMILES string of the molecule is C=C(C)C(=O)OCC(F)(F)C(F)(F)C(F)(F)C(F)(F)C(F)(F)C(F)(F)C(F)(F)C(F)(F)C(F)(F)C(F)(F)C(F)(F)C(F)(F)C(F)(F)C(F)(F)F. The van der Waals surface area contributed by atoms with Crippen LogP contribution in [0, 0.1) is 0 Å². The second-order valence-corrected chi connectivity index (χ2v) is 9.45. The lowest BCUT2D eigenvalue weighted by atomic mass is 9.83. The molecule has 0 rings (SSSR count). The molecule has 0 aliphatic heterocycles. The lowest BCUT2D eigenvalue weighted by Gasteiger charge is -2.46. The minimum Gasteiger partial charge on any atom is -0.456 e. The Morgan fingerprint density at radius 1 is 0.380 bits per heavy atom. The average molecular weight is 818 g/mol. The fraction of sp³-hybridized carbons (Fsp3) is 0.842. The van der Waals surface area contributed by atoms with Gasteiger partial charge in [-0.15, -0.1) is 0 Å². The number of ether oxygens (including phenoxy) is 1. The first-order valence-electron chi connectivity index (χ1n) is 10.9. The van der Waals surface area contributed by atoms with Crippen molar-refractivity contribution >= 4 is 5.97 Å². The average Bonchev–Trinajstić information content (AvgIpc) is 2.89. The molecule has 0 unspecified atom stereocenters. The highest BCUT2D eigenvalue weighted by atomic mass is 19.4. The van der Waals surface area contributed by atoms with Crippen LogP contribution >= 0.6 is 0 Å². The molecule has 0 aromatic heterocycles. The van der Waals surface area contributed by atoms with Crippen molar-refractivity contribution < 1.29 is 137 Å². The number of hydrogen-bond donors (Lipinski definition) is 0. The lowest BCUT2D eigenvalue weighted by molar-refractivity contribution is -0.487. The van der Waals surface area contributed by atoms with Crippen molar-refractivity contribution in [3.8, 4) is 0 Å². The molecule has 50 heavy (non-hydrogen) atoms. The van der Waals surface area contributed by atoms with Gasteiger partial charge in [-0.1, -0.05) is 6.58 Å². The van der Waals surface area contributed by atoms with Crippen molar-refractivity contribution in [3.05, 3.63) is 12.2 Å². The van der Waals surface area contributed by atoms with E-state index in [0.717, 1.165) is 0 Å². The summed E-state index contributed by atoms with van der Waals surface area (Å²) in [4.78, 5) is 10.9. The maximum atomic E-state index is 13.8. The van der Waals surface area contributed by atoms with Crippen LogP contribution in [0.5, 0.6) is 0 Å². The summed E-state index contributed by atoms with van der Waals surface area (Å²) in [5, 5.41) is 0. The molecule has 0 spiro atoms. The second-order valence-electron chi connectivity index (χ2n) is 9.45. The summed E-state index contributed by atoms with van der Waals surface area (Å²) in [5.74, 6) is -124.